The number of Topliss-reactive ketones (excluding diaryl/α,β-unsaturated/α-hetero) is 1. The van der Waals surface area contributed by atoms with Crippen molar-refractivity contribution in [2.24, 2.45) is 5.92 Å². The highest BCUT2D eigenvalue weighted by molar-refractivity contribution is 5.97. The predicted molar refractivity (Wildman–Crippen MR) is 67.3 cm³/mol. The smallest absolute Gasteiger partial charge is 0.166 e. The van der Waals surface area contributed by atoms with Crippen molar-refractivity contribution in [1.29, 1.82) is 5.26 Å². The number of aromatic nitrogens is 2. The Labute approximate surface area is 106 Å². The molecule has 0 amide bonds. The maximum Gasteiger partial charge on any atom is 0.166 e. The van der Waals surface area contributed by atoms with Crippen LogP contribution in [0.25, 0.3) is 5.69 Å². The van der Waals surface area contributed by atoms with E-state index in [1.165, 1.54) is 0 Å². The average Bonchev–Trinajstić information content (AvgIpc) is 2.92. The zero-order valence-electron chi connectivity index (χ0n) is 10.1. The van der Waals surface area contributed by atoms with Crippen LogP contribution in [0.3, 0.4) is 0 Å². The van der Waals surface area contributed by atoms with E-state index in [9.17, 15) is 4.79 Å². The Balaban J connectivity index is 2.18. The van der Waals surface area contributed by atoms with E-state index in [-0.39, 0.29) is 18.1 Å². The third-order valence-electron chi connectivity index (χ3n) is 2.80. The summed E-state index contributed by atoms with van der Waals surface area (Å²) in [5, 5.41) is 8.59. The van der Waals surface area contributed by atoms with Crippen LogP contribution < -0.4 is 0 Å². The molecule has 1 aromatic heterocycles. The number of hydrogen-bond donors (Lipinski definition) is 0. The first-order valence-electron chi connectivity index (χ1n) is 5.72. The van der Waals surface area contributed by atoms with E-state index in [0.29, 0.717) is 5.56 Å². The maximum absolute atomic E-state index is 12.0. The molecular weight excluding hydrogens is 226 g/mol. The summed E-state index contributed by atoms with van der Waals surface area (Å²) in [7, 11) is 0. The fourth-order valence-corrected chi connectivity index (χ4v) is 1.72. The van der Waals surface area contributed by atoms with Crippen molar-refractivity contribution >= 4 is 5.78 Å². The molecule has 0 aliphatic carbocycles. The fourth-order valence-electron chi connectivity index (χ4n) is 1.72. The van der Waals surface area contributed by atoms with Gasteiger partial charge in [-0.3, -0.25) is 4.79 Å². The van der Waals surface area contributed by atoms with Gasteiger partial charge in [0.05, 0.1) is 12.4 Å². The number of benzene rings is 1. The third-order valence-corrected chi connectivity index (χ3v) is 2.80. The molecule has 0 saturated carbocycles. The van der Waals surface area contributed by atoms with E-state index >= 15 is 0 Å². The molecule has 1 heterocycles. The molecule has 90 valence electrons. The van der Waals surface area contributed by atoms with Gasteiger partial charge in [-0.25, -0.2) is 4.98 Å². The first kappa shape index (κ1) is 12.1. The molecule has 1 unspecified atom stereocenters. The molecular formula is C14H13N3O. The summed E-state index contributed by atoms with van der Waals surface area (Å²) in [5.41, 5.74) is 1.60. The van der Waals surface area contributed by atoms with Crippen LogP contribution in [-0.2, 0) is 0 Å². The standard InChI is InChI=1S/C14H13N3O/c1-11(6-7-15)14(18)12-2-4-13(5-3-12)17-9-8-16-10-17/h2-5,8-11H,6H2,1H3. The highest BCUT2D eigenvalue weighted by Gasteiger charge is 2.14. The first-order valence-corrected chi connectivity index (χ1v) is 5.72. The molecule has 1 atom stereocenters. The van der Waals surface area contributed by atoms with Gasteiger partial charge in [0.15, 0.2) is 5.78 Å². The number of ketones is 1. The van der Waals surface area contributed by atoms with Gasteiger partial charge in [-0.15, -0.1) is 0 Å². The Bertz CT molecular complexity index is 564. The Hall–Kier alpha value is -2.41. The monoisotopic (exact) mass is 239 g/mol. The number of nitriles is 1. The van der Waals surface area contributed by atoms with Gasteiger partial charge in [0.2, 0.25) is 0 Å². The predicted octanol–water partition coefficient (Wildman–Crippen LogP) is 2.60. The first-order chi connectivity index (χ1) is 8.72. The Kier molecular flexibility index (Phi) is 3.54. The summed E-state index contributed by atoms with van der Waals surface area (Å²) >= 11 is 0. The van der Waals surface area contributed by atoms with Gasteiger partial charge < -0.3 is 4.57 Å². The molecule has 0 aliphatic rings. The van der Waals surface area contributed by atoms with Crippen LogP contribution in [0.15, 0.2) is 43.0 Å². The van der Waals surface area contributed by atoms with Crippen molar-refractivity contribution in [3.63, 3.8) is 0 Å². The van der Waals surface area contributed by atoms with Gasteiger partial charge in [-0.2, -0.15) is 5.26 Å². The molecule has 1 aromatic carbocycles. The third kappa shape index (κ3) is 2.46. The highest BCUT2D eigenvalue weighted by Crippen LogP contribution is 2.14. The molecule has 2 rings (SSSR count). The van der Waals surface area contributed by atoms with Crippen LogP contribution in [0, 0.1) is 17.2 Å². The summed E-state index contributed by atoms with van der Waals surface area (Å²) in [5.74, 6) is -0.247. The SMILES string of the molecule is CC(CC#N)C(=O)c1ccc(-n2ccnc2)cc1. The average molecular weight is 239 g/mol. The normalized spacial score (nSPS) is 11.8. The Morgan fingerprint density at radius 3 is 2.72 bits per heavy atom. The second-order valence-electron chi connectivity index (χ2n) is 4.14. The van der Waals surface area contributed by atoms with Crippen LogP contribution in [0.5, 0.6) is 0 Å². The van der Waals surface area contributed by atoms with Crippen LogP contribution in [-0.4, -0.2) is 15.3 Å². The minimum absolute atomic E-state index is 0.00808. The maximum atomic E-state index is 12.0. The van der Waals surface area contributed by atoms with Gasteiger partial charge in [0.1, 0.15) is 0 Å². The van der Waals surface area contributed by atoms with Crippen molar-refractivity contribution in [3.05, 3.63) is 48.5 Å². The number of rotatable bonds is 4. The van der Waals surface area contributed by atoms with Gasteiger partial charge in [0.25, 0.3) is 0 Å². The summed E-state index contributed by atoms with van der Waals surface area (Å²) in [6.45, 7) is 1.77. The van der Waals surface area contributed by atoms with Gasteiger partial charge in [-0.05, 0) is 24.3 Å². The van der Waals surface area contributed by atoms with E-state index in [0.717, 1.165) is 5.69 Å². The van der Waals surface area contributed by atoms with Gasteiger partial charge >= 0.3 is 0 Å². The Morgan fingerprint density at radius 1 is 1.44 bits per heavy atom. The molecule has 0 aliphatic heterocycles. The largest absolute Gasteiger partial charge is 0.306 e. The molecule has 0 radical (unpaired) electrons. The topological polar surface area (TPSA) is 58.7 Å². The lowest BCUT2D eigenvalue weighted by molar-refractivity contribution is 0.0932. The number of carbonyl (C=O) groups excluding carboxylic acids is 1. The van der Waals surface area contributed by atoms with Crippen LogP contribution in [0.4, 0.5) is 0 Å². The number of carbonyl (C=O) groups is 1. The molecule has 18 heavy (non-hydrogen) atoms. The molecule has 0 bridgehead atoms. The minimum Gasteiger partial charge on any atom is -0.306 e. The van der Waals surface area contributed by atoms with Gasteiger partial charge in [-0.1, -0.05) is 6.92 Å². The van der Waals surface area contributed by atoms with E-state index < -0.39 is 0 Å². The number of nitrogens with zero attached hydrogens (tertiary/aromatic N) is 3. The zero-order valence-corrected chi connectivity index (χ0v) is 10.1. The molecule has 4 heteroatoms. The summed E-state index contributed by atoms with van der Waals surface area (Å²) in [4.78, 5) is 15.9. The van der Waals surface area contributed by atoms with Crippen molar-refractivity contribution in [2.75, 3.05) is 0 Å². The van der Waals surface area contributed by atoms with E-state index in [1.807, 2.05) is 29.0 Å². The lowest BCUT2D eigenvalue weighted by Gasteiger charge is -2.07. The van der Waals surface area contributed by atoms with Crippen LogP contribution >= 0.6 is 0 Å². The number of imidazole rings is 1. The second kappa shape index (κ2) is 5.28. The highest BCUT2D eigenvalue weighted by atomic mass is 16.1. The molecule has 0 spiro atoms. The fraction of sp³-hybridized carbons (Fsp3) is 0.214. The molecule has 0 N–H and O–H groups in total. The van der Waals surface area contributed by atoms with Crippen molar-refractivity contribution in [2.45, 2.75) is 13.3 Å². The second-order valence-corrected chi connectivity index (χ2v) is 4.14. The molecule has 0 fully saturated rings. The van der Waals surface area contributed by atoms with Crippen LogP contribution in [0.1, 0.15) is 23.7 Å². The van der Waals surface area contributed by atoms with Gasteiger partial charge in [0, 0.05) is 36.0 Å². The van der Waals surface area contributed by atoms with E-state index in [2.05, 4.69) is 4.98 Å². The zero-order chi connectivity index (χ0) is 13.0. The van der Waals surface area contributed by atoms with Crippen LogP contribution in [0.2, 0.25) is 0 Å². The minimum atomic E-state index is -0.255. The molecule has 4 nitrogen and oxygen atoms in total. The summed E-state index contributed by atoms with van der Waals surface area (Å²) in [6.07, 6.45) is 5.50. The molecule has 2 aromatic rings. The lowest BCUT2D eigenvalue weighted by atomic mass is 9.97. The Morgan fingerprint density at radius 2 is 2.17 bits per heavy atom. The summed E-state index contributed by atoms with van der Waals surface area (Å²) < 4.78 is 1.87. The van der Waals surface area contributed by atoms with E-state index in [4.69, 9.17) is 5.26 Å². The van der Waals surface area contributed by atoms with Crippen molar-refractivity contribution < 1.29 is 4.79 Å². The lowest BCUT2D eigenvalue weighted by Crippen LogP contribution is -2.10. The van der Waals surface area contributed by atoms with Crippen molar-refractivity contribution in [3.8, 4) is 11.8 Å². The quantitative estimate of drug-likeness (QED) is 0.770. The number of hydrogen-bond acceptors (Lipinski definition) is 3. The van der Waals surface area contributed by atoms with E-state index in [1.54, 1.807) is 31.6 Å². The molecule has 0 saturated heterocycles. The van der Waals surface area contributed by atoms with Crippen molar-refractivity contribution in [1.82, 2.24) is 9.55 Å². The summed E-state index contributed by atoms with van der Waals surface area (Å²) in [6, 6.07) is 9.32.